The molecular formula is C14H9BrF3NO. The van der Waals surface area contributed by atoms with Crippen LogP contribution in [0.15, 0.2) is 53.0 Å². The van der Waals surface area contributed by atoms with E-state index in [0.717, 1.165) is 6.07 Å². The Hall–Kier alpha value is -1.82. The first-order chi connectivity index (χ1) is 9.38. The van der Waals surface area contributed by atoms with Crippen LogP contribution in [0.2, 0.25) is 0 Å². The Balaban J connectivity index is 2.29. The smallest absolute Gasteiger partial charge is 0.321 e. The minimum absolute atomic E-state index is 0.259. The van der Waals surface area contributed by atoms with Crippen molar-refractivity contribution in [2.45, 2.75) is 6.18 Å². The second-order valence-electron chi connectivity index (χ2n) is 4.01. The molecule has 0 saturated carbocycles. The highest BCUT2D eigenvalue weighted by molar-refractivity contribution is 9.10. The minimum atomic E-state index is -4.51. The lowest BCUT2D eigenvalue weighted by molar-refractivity contribution is -0.136. The van der Waals surface area contributed by atoms with Crippen LogP contribution in [0, 0.1) is 0 Å². The van der Waals surface area contributed by atoms with Gasteiger partial charge in [-0.25, -0.2) is 0 Å². The van der Waals surface area contributed by atoms with E-state index in [4.69, 9.17) is 0 Å². The number of carbonyl (C=O) groups excluding carboxylic acids is 1. The summed E-state index contributed by atoms with van der Waals surface area (Å²) in [5, 5.41) is 2.28. The molecule has 0 radical (unpaired) electrons. The summed E-state index contributed by atoms with van der Waals surface area (Å²) in [6, 6.07) is 11.3. The lowest BCUT2D eigenvalue weighted by Crippen LogP contribution is -2.16. The highest BCUT2D eigenvalue weighted by Crippen LogP contribution is 2.34. The van der Waals surface area contributed by atoms with Gasteiger partial charge in [0.1, 0.15) is 0 Å². The maximum atomic E-state index is 12.8. The fourth-order valence-electron chi connectivity index (χ4n) is 1.66. The Morgan fingerprint density at radius 2 is 1.75 bits per heavy atom. The zero-order chi connectivity index (χ0) is 14.8. The van der Waals surface area contributed by atoms with Crippen LogP contribution >= 0.6 is 15.9 Å². The molecule has 104 valence electrons. The Morgan fingerprint density at radius 3 is 2.40 bits per heavy atom. The van der Waals surface area contributed by atoms with E-state index in [1.165, 1.54) is 30.3 Å². The molecule has 2 nitrogen and oxygen atoms in total. The van der Waals surface area contributed by atoms with Crippen molar-refractivity contribution in [3.8, 4) is 0 Å². The number of nitrogens with one attached hydrogen (secondary N) is 1. The van der Waals surface area contributed by atoms with E-state index in [2.05, 4.69) is 21.2 Å². The van der Waals surface area contributed by atoms with Gasteiger partial charge in [0.05, 0.1) is 11.3 Å². The van der Waals surface area contributed by atoms with Gasteiger partial charge in [0, 0.05) is 10.0 Å². The molecule has 6 heteroatoms. The first-order valence-electron chi connectivity index (χ1n) is 5.61. The van der Waals surface area contributed by atoms with Crippen molar-refractivity contribution in [3.05, 3.63) is 64.1 Å². The number of halogens is 4. The Kier molecular flexibility index (Phi) is 4.13. The van der Waals surface area contributed by atoms with Crippen LogP contribution < -0.4 is 5.32 Å². The van der Waals surface area contributed by atoms with Gasteiger partial charge in [0.25, 0.3) is 5.91 Å². The van der Waals surface area contributed by atoms with Gasteiger partial charge in [-0.15, -0.1) is 0 Å². The number of benzene rings is 2. The van der Waals surface area contributed by atoms with Crippen molar-refractivity contribution < 1.29 is 18.0 Å². The topological polar surface area (TPSA) is 29.1 Å². The fraction of sp³-hybridized carbons (Fsp3) is 0.0714. The Bertz CT molecular complexity index is 640. The molecule has 1 amide bonds. The molecule has 0 atom stereocenters. The number of anilines is 1. The van der Waals surface area contributed by atoms with Gasteiger partial charge in [0.15, 0.2) is 0 Å². The number of hydrogen-bond donors (Lipinski definition) is 1. The number of amides is 1. The minimum Gasteiger partial charge on any atom is -0.321 e. The maximum absolute atomic E-state index is 12.8. The summed E-state index contributed by atoms with van der Waals surface area (Å²) >= 11 is 3.20. The zero-order valence-electron chi connectivity index (χ0n) is 10.0. The third-order valence-corrected chi connectivity index (χ3v) is 3.06. The van der Waals surface area contributed by atoms with Crippen molar-refractivity contribution >= 4 is 27.5 Å². The summed E-state index contributed by atoms with van der Waals surface area (Å²) in [7, 11) is 0. The summed E-state index contributed by atoms with van der Waals surface area (Å²) in [6.07, 6.45) is -4.51. The van der Waals surface area contributed by atoms with Gasteiger partial charge in [-0.05, 0) is 30.3 Å². The number of carbonyl (C=O) groups is 1. The van der Waals surface area contributed by atoms with E-state index in [-0.39, 0.29) is 11.3 Å². The van der Waals surface area contributed by atoms with E-state index in [1.807, 2.05) is 0 Å². The molecule has 2 aromatic rings. The van der Waals surface area contributed by atoms with Gasteiger partial charge in [0.2, 0.25) is 0 Å². The summed E-state index contributed by atoms with van der Waals surface area (Å²) in [6.45, 7) is 0. The second kappa shape index (κ2) is 5.66. The Labute approximate surface area is 121 Å². The molecule has 0 aliphatic heterocycles. The molecule has 0 aliphatic carbocycles. The normalized spacial score (nSPS) is 11.2. The van der Waals surface area contributed by atoms with Crippen LogP contribution in [0.3, 0.4) is 0 Å². The number of hydrogen-bond acceptors (Lipinski definition) is 1. The molecule has 0 heterocycles. The fourth-order valence-corrected chi connectivity index (χ4v) is 2.06. The molecule has 0 unspecified atom stereocenters. The van der Waals surface area contributed by atoms with Crippen LogP contribution in [0.1, 0.15) is 15.9 Å². The monoisotopic (exact) mass is 343 g/mol. The first-order valence-corrected chi connectivity index (χ1v) is 6.40. The molecule has 2 rings (SSSR count). The lowest BCUT2D eigenvalue weighted by atomic mass is 10.1. The van der Waals surface area contributed by atoms with Crippen molar-refractivity contribution in [1.82, 2.24) is 0 Å². The molecular weight excluding hydrogens is 335 g/mol. The van der Waals surface area contributed by atoms with Gasteiger partial charge in [-0.1, -0.05) is 34.1 Å². The lowest BCUT2D eigenvalue weighted by Gasteiger charge is -2.13. The maximum Gasteiger partial charge on any atom is 0.418 e. The van der Waals surface area contributed by atoms with Crippen LogP contribution in [0.4, 0.5) is 18.9 Å². The molecule has 2 aromatic carbocycles. The van der Waals surface area contributed by atoms with Gasteiger partial charge in [-0.2, -0.15) is 13.2 Å². The molecule has 0 bridgehead atoms. The zero-order valence-corrected chi connectivity index (χ0v) is 11.6. The Morgan fingerprint density at radius 1 is 1.05 bits per heavy atom. The summed E-state index contributed by atoms with van der Waals surface area (Å²) in [5.41, 5.74) is -0.857. The number of rotatable bonds is 2. The van der Waals surface area contributed by atoms with E-state index < -0.39 is 17.6 Å². The van der Waals surface area contributed by atoms with Crippen molar-refractivity contribution in [3.63, 3.8) is 0 Å². The summed E-state index contributed by atoms with van der Waals surface area (Å²) < 4.78 is 39.1. The summed E-state index contributed by atoms with van der Waals surface area (Å²) in [5.74, 6) is -0.594. The first kappa shape index (κ1) is 14.6. The summed E-state index contributed by atoms with van der Waals surface area (Å²) in [4.78, 5) is 11.9. The average Bonchev–Trinajstić information content (AvgIpc) is 2.38. The van der Waals surface area contributed by atoms with Crippen LogP contribution in [0.5, 0.6) is 0 Å². The molecule has 0 aromatic heterocycles. The highest BCUT2D eigenvalue weighted by atomic mass is 79.9. The predicted molar refractivity (Wildman–Crippen MR) is 73.5 cm³/mol. The van der Waals surface area contributed by atoms with E-state index >= 15 is 0 Å². The van der Waals surface area contributed by atoms with Crippen molar-refractivity contribution in [2.24, 2.45) is 0 Å². The highest BCUT2D eigenvalue weighted by Gasteiger charge is 2.33. The van der Waals surface area contributed by atoms with E-state index in [1.54, 1.807) is 12.1 Å². The molecule has 1 N–H and O–H groups in total. The van der Waals surface area contributed by atoms with Crippen molar-refractivity contribution in [1.29, 1.82) is 0 Å². The number of para-hydroxylation sites is 1. The number of alkyl halides is 3. The van der Waals surface area contributed by atoms with E-state index in [9.17, 15) is 18.0 Å². The molecule has 0 spiro atoms. The van der Waals surface area contributed by atoms with E-state index in [0.29, 0.717) is 4.47 Å². The molecule has 0 aliphatic rings. The van der Waals surface area contributed by atoms with Gasteiger partial charge >= 0.3 is 6.18 Å². The van der Waals surface area contributed by atoms with Crippen LogP contribution in [-0.2, 0) is 6.18 Å². The van der Waals surface area contributed by atoms with Crippen LogP contribution in [0.25, 0.3) is 0 Å². The third kappa shape index (κ3) is 3.39. The quantitative estimate of drug-likeness (QED) is 0.839. The largest absolute Gasteiger partial charge is 0.418 e. The predicted octanol–water partition coefficient (Wildman–Crippen LogP) is 4.72. The van der Waals surface area contributed by atoms with Crippen LogP contribution in [-0.4, -0.2) is 5.91 Å². The molecule has 20 heavy (non-hydrogen) atoms. The second-order valence-corrected chi connectivity index (χ2v) is 4.92. The third-order valence-electron chi connectivity index (χ3n) is 2.57. The standard InChI is InChI=1S/C14H9BrF3NO/c15-10-5-3-4-9(8-10)13(20)19-12-7-2-1-6-11(12)14(16,17)18/h1-8H,(H,19,20). The molecule has 0 saturated heterocycles. The van der Waals surface area contributed by atoms with Crippen molar-refractivity contribution in [2.75, 3.05) is 5.32 Å². The van der Waals surface area contributed by atoms with Gasteiger partial charge in [-0.3, -0.25) is 4.79 Å². The molecule has 0 fully saturated rings. The SMILES string of the molecule is O=C(Nc1ccccc1C(F)(F)F)c1cccc(Br)c1. The average molecular weight is 344 g/mol. The van der Waals surface area contributed by atoms with Gasteiger partial charge < -0.3 is 5.32 Å².